The molecule has 1 N–H and O–H groups in total. The Morgan fingerprint density at radius 3 is 2.35 bits per heavy atom. The van der Waals surface area contributed by atoms with Crippen molar-refractivity contribution >= 4 is 11.0 Å². The summed E-state index contributed by atoms with van der Waals surface area (Å²) in [7, 11) is 0. The fourth-order valence-electron chi connectivity index (χ4n) is 3.02. The number of nitrogens with zero attached hydrogens (tertiary/aromatic N) is 2. The summed E-state index contributed by atoms with van der Waals surface area (Å²) in [4.78, 5) is 0. The Labute approximate surface area is 121 Å². The molecule has 1 aromatic heterocycles. The number of aromatic nitrogens is 2. The van der Waals surface area contributed by atoms with Crippen LogP contribution in [0.15, 0.2) is 30.6 Å². The topological polar surface area (TPSA) is 29.0 Å². The molecule has 0 saturated heterocycles. The van der Waals surface area contributed by atoms with Gasteiger partial charge in [0.2, 0.25) is 6.33 Å². The predicted octanol–water partition coefficient (Wildman–Crippen LogP) is 3.48. The van der Waals surface area contributed by atoms with Crippen LogP contribution in [0.25, 0.3) is 11.0 Å². The van der Waals surface area contributed by atoms with Gasteiger partial charge in [-0.1, -0.05) is 39.8 Å². The highest BCUT2D eigenvalue weighted by Crippen LogP contribution is 2.23. The van der Waals surface area contributed by atoms with Crippen molar-refractivity contribution in [1.29, 1.82) is 0 Å². The van der Waals surface area contributed by atoms with E-state index < -0.39 is 0 Å². The average Bonchev–Trinajstić information content (AvgIpc) is 2.81. The smallest absolute Gasteiger partial charge is 0.245 e. The van der Waals surface area contributed by atoms with Crippen LogP contribution in [-0.2, 0) is 0 Å². The molecule has 0 aliphatic carbocycles. The van der Waals surface area contributed by atoms with Crippen LogP contribution < -0.4 is 4.57 Å². The Hall–Kier alpha value is -1.35. The molecule has 0 radical (unpaired) electrons. The van der Waals surface area contributed by atoms with E-state index in [1.165, 1.54) is 11.0 Å². The van der Waals surface area contributed by atoms with Gasteiger partial charge in [0, 0.05) is 0 Å². The lowest BCUT2D eigenvalue weighted by Gasteiger charge is -2.15. The number of imidazole rings is 1. The number of aliphatic hydroxyl groups is 1. The van der Waals surface area contributed by atoms with Gasteiger partial charge < -0.3 is 5.11 Å². The maximum absolute atomic E-state index is 9.74. The second-order valence-electron chi connectivity index (χ2n) is 5.88. The van der Waals surface area contributed by atoms with Crippen LogP contribution in [0.2, 0.25) is 0 Å². The minimum Gasteiger partial charge on any atom is -0.392 e. The Bertz CT molecular complexity index is 555. The van der Waals surface area contributed by atoms with Crippen molar-refractivity contribution in [3.05, 3.63) is 30.6 Å². The van der Waals surface area contributed by atoms with Gasteiger partial charge in [0.25, 0.3) is 0 Å². The highest BCUT2D eigenvalue weighted by Gasteiger charge is 2.27. The first kappa shape index (κ1) is 15.0. The molecule has 1 heterocycles. The Balaban J connectivity index is 2.61. The van der Waals surface area contributed by atoms with E-state index in [2.05, 4.69) is 67.4 Å². The lowest BCUT2D eigenvalue weighted by Crippen LogP contribution is -2.43. The van der Waals surface area contributed by atoms with Crippen molar-refractivity contribution in [3.8, 4) is 0 Å². The summed E-state index contributed by atoms with van der Waals surface area (Å²) in [6, 6.07) is 9.15. The monoisotopic (exact) mass is 275 g/mol. The van der Waals surface area contributed by atoms with Crippen LogP contribution >= 0.6 is 0 Å². The second kappa shape index (κ2) is 6.40. The van der Waals surface area contributed by atoms with Crippen molar-refractivity contribution < 1.29 is 9.67 Å². The first-order valence-electron chi connectivity index (χ1n) is 7.75. The number of para-hydroxylation sites is 2. The third kappa shape index (κ3) is 2.59. The van der Waals surface area contributed by atoms with Crippen molar-refractivity contribution in [3.63, 3.8) is 0 Å². The molecular weight excluding hydrogens is 248 g/mol. The van der Waals surface area contributed by atoms with Crippen LogP contribution in [0.3, 0.4) is 0 Å². The van der Waals surface area contributed by atoms with Crippen LogP contribution in [-0.4, -0.2) is 16.3 Å². The standard InChI is InChI=1S/C17H27N2O/c1-5-14(6-2)18-12-19(17(11-20)13(3)4)16-10-8-7-9-15(16)18/h7-10,12-14,17,20H,5-6,11H2,1-4H3/q+1. The maximum atomic E-state index is 9.74. The zero-order valence-electron chi connectivity index (χ0n) is 13.1. The number of fused-ring (bicyclic) bond motifs is 1. The summed E-state index contributed by atoms with van der Waals surface area (Å²) < 4.78 is 4.62. The molecule has 0 saturated carbocycles. The number of aliphatic hydroxyl groups excluding tert-OH is 1. The molecule has 0 spiro atoms. The predicted molar refractivity (Wildman–Crippen MR) is 82.7 cm³/mol. The molecule has 2 aromatic rings. The van der Waals surface area contributed by atoms with Crippen LogP contribution in [0.5, 0.6) is 0 Å². The van der Waals surface area contributed by atoms with Gasteiger partial charge in [0.1, 0.15) is 12.1 Å². The van der Waals surface area contributed by atoms with Gasteiger partial charge >= 0.3 is 0 Å². The number of rotatable bonds is 6. The zero-order chi connectivity index (χ0) is 14.7. The van der Waals surface area contributed by atoms with Crippen LogP contribution in [0, 0.1) is 5.92 Å². The summed E-state index contributed by atoms with van der Waals surface area (Å²) in [6.07, 6.45) is 4.45. The first-order chi connectivity index (χ1) is 9.63. The van der Waals surface area contributed by atoms with Gasteiger partial charge in [-0.05, 0) is 30.9 Å². The van der Waals surface area contributed by atoms with Gasteiger partial charge in [0.15, 0.2) is 11.0 Å². The number of hydrogen-bond donors (Lipinski definition) is 1. The molecule has 0 fully saturated rings. The first-order valence-corrected chi connectivity index (χ1v) is 7.75. The van der Waals surface area contributed by atoms with Gasteiger partial charge in [-0.3, -0.25) is 0 Å². The molecule has 0 aliphatic rings. The molecule has 3 nitrogen and oxygen atoms in total. The maximum Gasteiger partial charge on any atom is 0.245 e. The van der Waals surface area contributed by atoms with Gasteiger partial charge in [-0.25, -0.2) is 9.13 Å². The summed E-state index contributed by atoms with van der Waals surface area (Å²) >= 11 is 0. The van der Waals surface area contributed by atoms with E-state index in [1.807, 2.05) is 0 Å². The van der Waals surface area contributed by atoms with E-state index in [9.17, 15) is 5.11 Å². The second-order valence-corrected chi connectivity index (χ2v) is 5.88. The lowest BCUT2D eigenvalue weighted by molar-refractivity contribution is -0.707. The molecular formula is C17H27N2O+. The van der Waals surface area contributed by atoms with Gasteiger partial charge in [-0.2, -0.15) is 0 Å². The largest absolute Gasteiger partial charge is 0.392 e. The Morgan fingerprint density at radius 2 is 1.80 bits per heavy atom. The van der Waals surface area contributed by atoms with E-state index in [0.29, 0.717) is 12.0 Å². The van der Waals surface area contributed by atoms with E-state index in [-0.39, 0.29) is 12.6 Å². The normalized spacial score (nSPS) is 13.6. The summed E-state index contributed by atoms with van der Waals surface area (Å²) in [5.74, 6) is 0.408. The van der Waals surface area contributed by atoms with Crippen molar-refractivity contribution in [2.75, 3.05) is 6.61 Å². The van der Waals surface area contributed by atoms with E-state index in [0.717, 1.165) is 12.8 Å². The van der Waals surface area contributed by atoms with Crippen molar-refractivity contribution in [1.82, 2.24) is 4.57 Å². The molecule has 2 rings (SSSR count). The van der Waals surface area contributed by atoms with E-state index in [1.54, 1.807) is 0 Å². The quantitative estimate of drug-likeness (QED) is 0.803. The fourth-order valence-corrected chi connectivity index (χ4v) is 3.02. The van der Waals surface area contributed by atoms with Gasteiger partial charge in [-0.15, -0.1) is 0 Å². The van der Waals surface area contributed by atoms with Gasteiger partial charge in [0.05, 0.1) is 6.61 Å². The fraction of sp³-hybridized carbons (Fsp3) is 0.588. The molecule has 1 aromatic carbocycles. The SMILES string of the molecule is CCC(CC)n1c[n+](C(CO)C(C)C)c2ccccc21. The molecule has 20 heavy (non-hydrogen) atoms. The van der Waals surface area contributed by atoms with E-state index in [4.69, 9.17) is 0 Å². The molecule has 3 heteroatoms. The molecule has 1 atom stereocenters. The third-order valence-electron chi connectivity index (χ3n) is 4.34. The molecule has 0 aliphatic heterocycles. The Morgan fingerprint density at radius 1 is 1.15 bits per heavy atom. The minimum absolute atomic E-state index is 0.135. The number of hydrogen-bond acceptors (Lipinski definition) is 1. The van der Waals surface area contributed by atoms with Crippen LogP contribution in [0.1, 0.15) is 52.6 Å². The minimum atomic E-state index is 0.135. The molecule has 0 amide bonds. The van der Waals surface area contributed by atoms with Crippen LogP contribution in [0.4, 0.5) is 0 Å². The third-order valence-corrected chi connectivity index (χ3v) is 4.34. The highest BCUT2D eigenvalue weighted by atomic mass is 16.3. The van der Waals surface area contributed by atoms with E-state index >= 15 is 0 Å². The summed E-state index contributed by atoms with van der Waals surface area (Å²) in [5.41, 5.74) is 2.48. The van der Waals surface area contributed by atoms with Crippen molar-refractivity contribution in [2.24, 2.45) is 5.92 Å². The molecule has 0 bridgehead atoms. The lowest BCUT2D eigenvalue weighted by atomic mass is 10.1. The number of benzene rings is 1. The van der Waals surface area contributed by atoms with Crippen molar-refractivity contribution in [2.45, 2.75) is 52.6 Å². The summed E-state index contributed by atoms with van der Waals surface area (Å²) in [6.45, 7) is 8.98. The zero-order valence-corrected chi connectivity index (χ0v) is 13.1. The summed E-state index contributed by atoms with van der Waals surface area (Å²) in [5, 5.41) is 9.74. The average molecular weight is 275 g/mol. The molecule has 1 unspecified atom stereocenters. The Kier molecular flexibility index (Phi) is 4.81. The molecule has 110 valence electrons. The highest BCUT2D eigenvalue weighted by molar-refractivity contribution is 5.71.